The lowest BCUT2D eigenvalue weighted by Crippen LogP contribution is -2.26. The normalized spacial score (nSPS) is 24.9. The third-order valence-corrected chi connectivity index (χ3v) is 11.8. The Balaban J connectivity index is 1.63. The lowest BCUT2D eigenvalue weighted by Gasteiger charge is -2.33. The van der Waals surface area contributed by atoms with E-state index in [1.54, 1.807) is 24.3 Å². The molecule has 2 unspecified atom stereocenters. The third kappa shape index (κ3) is 4.41. The number of benzene rings is 2. The van der Waals surface area contributed by atoms with Crippen molar-refractivity contribution in [2.75, 3.05) is 0 Å². The zero-order chi connectivity index (χ0) is 26.9. The van der Waals surface area contributed by atoms with Crippen LogP contribution < -0.4 is 0 Å². The van der Waals surface area contributed by atoms with E-state index >= 15 is 0 Å². The van der Waals surface area contributed by atoms with E-state index in [1.165, 1.54) is 0 Å². The molecule has 4 rings (SSSR count). The molecule has 0 amide bonds. The number of fused-ring (bicyclic) bond motifs is 1. The number of allylic oxidation sites excluding steroid dienone is 4. The van der Waals surface area contributed by atoms with Crippen molar-refractivity contribution in [2.45, 2.75) is 88.9 Å². The van der Waals surface area contributed by atoms with E-state index in [1.807, 2.05) is 50.3 Å². The molecule has 0 aliphatic heterocycles. The van der Waals surface area contributed by atoms with Gasteiger partial charge in [-0.05, 0) is 59.1 Å². The van der Waals surface area contributed by atoms with E-state index in [0.717, 1.165) is 11.1 Å². The van der Waals surface area contributed by atoms with Gasteiger partial charge in [0.25, 0.3) is 0 Å². The van der Waals surface area contributed by atoms with Crippen LogP contribution in [0.1, 0.15) is 79.4 Å². The Kier molecular flexibility index (Phi) is 6.09. The highest BCUT2D eigenvalue weighted by molar-refractivity contribution is 7.95. The van der Waals surface area contributed by atoms with Gasteiger partial charge in [0.2, 0.25) is 19.7 Å². The minimum Gasteiger partial charge on any atom is -0.219 e. The predicted octanol–water partition coefficient (Wildman–Crippen LogP) is 7.12. The van der Waals surface area contributed by atoms with Gasteiger partial charge in [0.1, 0.15) is 0 Å². The molecule has 194 valence electrons. The molecule has 2 aliphatic carbocycles. The van der Waals surface area contributed by atoms with Gasteiger partial charge in [-0.2, -0.15) is 0 Å². The summed E-state index contributed by atoms with van der Waals surface area (Å²) >= 11 is 0. The van der Waals surface area contributed by atoms with Crippen LogP contribution in [0.5, 0.6) is 0 Å². The number of hydrogen-bond acceptors (Lipinski definition) is 4. The Morgan fingerprint density at radius 1 is 0.556 bits per heavy atom. The number of hydrogen-bond donors (Lipinski definition) is 0. The molecule has 6 heteroatoms. The average Bonchev–Trinajstić information content (AvgIpc) is 3.18. The molecule has 0 bridgehead atoms. The van der Waals surface area contributed by atoms with Gasteiger partial charge in [-0.25, -0.2) is 16.8 Å². The van der Waals surface area contributed by atoms with Gasteiger partial charge in [-0.1, -0.05) is 91.8 Å². The van der Waals surface area contributed by atoms with Crippen LogP contribution in [0, 0.1) is 10.8 Å². The minimum atomic E-state index is -3.66. The van der Waals surface area contributed by atoms with Crippen LogP contribution >= 0.6 is 0 Å². The van der Waals surface area contributed by atoms with Crippen molar-refractivity contribution < 1.29 is 16.8 Å². The third-order valence-electron chi connectivity index (χ3n) is 8.10. The highest BCUT2D eigenvalue weighted by Crippen LogP contribution is 2.62. The quantitative estimate of drug-likeness (QED) is 0.425. The lowest BCUT2D eigenvalue weighted by atomic mass is 9.70. The van der Waals surface area contributed by atoms with E-state index in [0.29, 0.717) is 9.81 Å². The Labute approximate surface area is 217 Å². The van der Waals surface area contributed by atoms with Crippen LogP contribution in [0.4, 0.5) is 0 Å². The Morgan fingerprint density at radius 2 is 0.833 bits per heavy atom. The van der Waals surface area contributed by atoms with Crippen LogP contribution in [0.25, 0.3) is 0 Å². The monoisotopic (exact) mass is 526 g/mol. The Hall–Kier alpha value is -2.18. The molecule has 0 N–H and O–H groups in total. The second kappa shape index (κ2) is 8.16. The molecule has 0 saturated heterocycles. The molecule has 2 atom stereocenters. The molecule has 0 aromatic heterocycles. The zero-order valence-corrected chi connectivity index (χ0v) is 24.3. The second-order valence-electron chi connectivity index (χ2n) is 13.0. The van der Waals surface area contributed by atoms with Gasteiger partial charge in [0.15, 0.2) is 0 Å². The summed E-state index contributed by atoms with van der Waals surface area (Å²) in [5.41, 5.74) is 0.847. The summed E-state index contributed by atoms with van der Waals surface area (Å²) in [4.78, 5) is 1.31. The van der Waals surface area contributed by atoms with E-state index in [-0.39, 0.29) is 33.5 Å². The van der Waals surface area contributed by atoms with Crippen LogP contribution in [0.2, 0.25) is 0 Å². The first-order chi connectivity index (χ1) is 16.3. The van der Waals surface area contributed by atoms with Crippen molar-refractivity contribution >= 4 is 19.7 Å². The van der Waals surface area contributed by atoms with Crippen LogP contribution in [-0.2, 0) is 30.5 Å². The van der Waals surface area contributed by atoms with Crippen molar-refractivity contribution in [3.63, 3.8) is 0 Å². The summed E-state index contributed by atoms with van der Waals surface area (Å²) < 4.78 is 54.1. The highest BCUT2D eigenvalue weighted by Gasteiger charge is 2.55. The van der Waals surface area contributed by atoms with E-state index in [4.69, 9.17) is 0 Å². The van der Waals surface area contributed by atoms with Gasteiger partial charge in [-0.15, -0.1) is 0 Å². The Morgan fingerprint density at radius 3 is 1.08 bits per heavy atom. The van der Waals surface area contributed by atoms with Crippen molar-refractivity contribution in [3.8, 4) is 0 Å². The van der Waals surface area contributed by atoms with E-state index < -0.39 is 30.5 Å². The maximum Gasteiger partial charge on any atom is 0.202 e. The SMILES string of the molecule is CC(C)(C)c1ccc(S(=O)(=O)C2=CC3(C)CC(S(=O)(=O)c4ccc(C(C)(C)C)cc4)=CC3(C)C2)cc1. The molecule has 36 heavy (non-hydrogen) atoms. The van der Waals surface area contributed by atoms with Gasteiger partial charge < -0.3 is 0 Å². The predicted molar refractivity (Wildman–Crippen MR) is 146 cm³/mol. The fourth-order valence-corrected chi connectivity index (χ4v) is 8.69. The molecule has 2 aromatic carbocycles. The van der Waals surface area contributed by atoms with Crippen LogP contribution in [-0.4, -0.2) is 16.8 Å². The summed E-state index contributed by atoms with van der Waals surface area (Å²) in [6, 6.07) is 14.2. The first kappa shape index (κ1) is 26.9. The molecule has 4 nitrogen and oxygen atoms in total. The van der Waals surface area contributed by atoms with Gasteiger partial charge >= 0.3 is 0 Å². The first-order valence-corrected chi connectivity index (χ1v) is 15.4. The van der Waals surface area contributed by atoms with Gasteiger partial charge in [-0.3, -0.25) is 0 Å². The summed E-state index contributed by atoms with van der Waals surface area (Å²) in [5.74, 6) is 0. The molecule has 2 aromatic rings. The van der Waals surface area contributed by atoms with Crippen molar-refractivity contribution in [2.24, 2.45) is 10.8 Å². The molecule has 0 radical (unpaired) electrons. The van der Waals surface area contributed by atoms with Gasteiger partial charge in [0, 0.05) is 20.6 Å². The minimum absolute atomic E-state index is 0.0628. The molecule has 0 fully saturated rings. The second-order valence-corrected chi connectivity index (χ2v) is 17.0. The van der Waals surface area contributed by atoms with Crippen LogP contribution in [0.3, 0.4) is 0 Å². The highest BCUT2D eigenvalue weighted by atomic mass is 32.2. The lowest BCUT2D eigenvalue weighted by molar-refractivity contribution is 0.230. The molecule has 0 heterocycles. The van der Waals surface area contributed by atoms with Crippen LogP contribution in [0.15, 0.2) is 80.3 Å². The zero-order valence-electron chi connectivity index (χ0n) is 22.6. The maximum atomic E-state index is 13.5. The smallest absolute Gasteiger partial charge is 0.202 e. The summed E-state index contributed by atoms with van der Waals surface area (Å²) in [6.07, 6.45) is 4.19. The van der Waals surface area contributed by atoms with Crippen molar-refractivity contribution in [1.82, 2.24) is 0 Å². The fourth-order valence-electron chi connectivity index (χ4n) is 5.29. The average molecular weight is 527 g/mol. The largest absolute Gasteiger partial charge is 0.219 e. The number of sulfone groups is 2. The topological polar surface area (TPSA) is 68.3 Å². The summed E-state index contributed by atoms with van der Waals surface area (Å²) in [7, 11) is -7.32. The summed E-state index contributed by atoms with van der Waals surface area (Å²) in [5, 5.41) is 0. The molecular formula is C30H38O4S2. The molecule has 0 saturated carbocycles. The fraction of sp³-hybridized carbons (Fsp3) is 0.467. The molecular weight excluding hydrogens is 488 g/mol. The van der Waals surface area contributed by atoms with E-state index in [9.17, 15) is 16.8 Å². The van der Waals surface area contributed by atoms with Crippen molar-refractivity contribution in [1.29, 1.82) is 0 Å². The first-order valence-electron chi connectivity index (χ1n) is 12.4. The Bertz CT molecular complexity index is 1350. The van der Waals surface area contributed by atoms with E-state index in [2.05, 4.69) is 41.5 Å². The molecule has 2 aliphatic rings. The maximum absolute atomic E-state index is 13.5. The summed E-state index contributed by atoms with van der Waals surface area (Å²) in [6.45, 7) is 16.5. The standard InChI is InChI=1S/C30H38O4S2/c1-27(2,3)21-9-13-23(14-10-21)35(31,32)25-17-29(7)19-26(20-30(29,8)18-25)36(33,34)24-15-11-22(12-16-24)28(4,5)6/h9-17,20H,18-19H2,1-8H3. The van der Waals surface area contributed by atoms with Gasteiger partial charge in [0.05, 0.1) is 9.79 Å². The molecule has 0 spiro atoms. The number of rotatable bonds is 4. The van der Waals surface area contributed by atoms with Crippen molar-refractivity contribution in [3.05, 3.63) is 81.6 Å².